The standard InChI is InChI=1S/C15H14N4O4S/c1-23-14-7-10(5-6-16-14)12-9-18-19(15(12)20)13-4-3-11(8-17-13)24(2,21)22/h3-9,18H,1-2H3. The van der Waals surface area contributed by atoms with E-state index in [-0.39, 0.29) is 10.5 Å². The van der Waals surface area contributed by atoms with Crippen LogP contribution in [-0.4, -0.2) is 41.5 Å². The van der Waals surface area contributed by atoms with E-state index < -0.39 is 9.84 Å². The molecule has 0 saturated heterocycles. The van der Waals surface area contributed by atoms with Gasteiger partial charge in [0.2, 0.25) is 5.88 Å². The van der Waals surface area contributed by atoms with Gasteiger partial charge in [-0.25, -0.2) is 23.1 Å². The van der Waals surface area contributed by atoms with Crippen molar-refractivity contribution in [3.8, 4) is 22.8 Å². The lowest BCUT2D eigenvalue weighted by molar-refractivity contribution is 0.398. The number of H-pyrrole nitrogens is 1. The molecule has 3 rings (SSSR count). The van der Waals surface area contributed by atoms with Crippen LogP contribution in [0.4, 0.5) is 0 Å². The number of aromatic nitrogens is 4. The van der Waals surface area contributed by atoms with E-state index in [9.17, 15) is 13.2 Å². The fourth-order valence-electron chi connectivity index (χ4n) is 2.16. The van der Waals surface area contributed by atoms with Crippen molar-refractivity contribution in [2.75, 3.05) is 13.4 Å². The monoisotopic (exact) mass is 346 g/mol. The van der Waals surface area contributed by atoms with Crippen molar-refractivity contribution in [3.63, 3.8) is 0 Å². The van der Waals surface area contributed by atoms with Crippen molar-refractivity contribution in [1.82, 2.24) is 19.7 Å². The highest BCUT2D eigenvalue weighted by molar-refractivity contribution is 7.90. The summed E-state index contributed by atoms with van der Waals surface area (Å²) in [6.07, 6.45) is 5.40. The zero-order valence-electron chi connectivity index (χ0n) is 12.9. The Labute approximate surface area is 137 Å². The van der Waals surface area contributed by atoms with E-state index in [0.717, 1.165) is 6.26 Å². The second-order valence-electron chi connectivity index (χ2n) is 5.04. The lowest BCUT2D eigenvalue weighted by atomic mass is 10.1. The number of aromatic amines is 1. The molecule has 24 heavy (non-hydrogen) atoms. The third-order valence-corrected chi connectivity index (χ3v) is 4.50. The number of sulfone groups is 1. The van der Waals surface area contributed by atoms with E-state index in [0.29, 0.717) is 22.8 Å². The van der Waals surface area contributed by atoms with E-state index in [2.05, 4.69) is 15.1 Å². The molecule has 0 saturated carbocycles. The van der Waals surface area contributed by atoms with Crippen LogP contribution in [0.3, 0.4) is 0 Å². The highest BCUT2D eigenvalue weighted by Crippen LogP contribution is 2.19. The maximum atomic E-state index is 12.6. The number of ether oxygens (including phenoxy) is 1. The van der Waals surface area contributed by atoms with Gasteiger partial charge in [0, 0.05) is 30.9 Å². The molecule has 8 nitrogen and oxygen atoms in total. The molecule has 0 bridgehead atoms. The van der Waals surface area contributed by atoms with Crippen molar-refractivity contribution in [2.24, 2.45) is 0 Å². The highest BCUT2D eigenvalue weighted by Gasteiger charge is 2.13. The van der Waals surface area contributed by atoms with Crippen LogP contribution in [0, 0.1) is 0 Å². The van der Waals surface area contributed by atoms with Gasteiger partial charge in [0.1, 0.15) is 0 Å². The number of nitrogens with zero attached hydrogens (tertiary/aromatic N) is 3. The molecule has 0 unspecified atom stereocenters. The van der Waals surface area contributed by atoms with Crippen LogP contribution in [0.5, 0.6) is 5.88 Å². The fourth-order valence-corrected chi connectivity index (χ4v) is 2.72. The zero-order valence-corrected chi connectivity index (χ0v) is 13.7. The molecule has 0 atom stereocenters. The lowest BCUT2D eigenvalue weighted by Crippen LogP contribution is -2.17. The van der Waals surface area contributed by atoms with Crippen LogP contribution in [0.2, 0.25) is 0 Å². The first-order chi connectivity index (χ1) is 11.4. The summed E-state index contributed by atoms with van der Waals surface area (Å²) in [5.41, 5.74) is 0.752. The Balaban J connectivity index is 2.03. The number of nitrogens with one attached hydrogen (secondary N) is 1. The summed E-state index contributed by atoms with van der Waals surface area (Å²) in [6.45, 7) is 0. The molecule has 3 heterocycles. The average molecular weight is 346 g/mol. The Hall–Kier alpha value is -2.94. The molecule has 0 fully saturated rings. The van der Waals surface area contributed by atoms with Gasteiger partial charge < -0.3 is 4.74 Å². The van der Waals surface area contributed by atoms with Crippen LogP contribution in [0.1, 0.15) is 0 Å². The number of hydrogen-bond acceptors (Lipinski definition) is 6. The van der Waals surface area contributed by atoms with Crippen LogP contribution in [0.25, 0.3) is 16.9 Å². The van der Waals surface area contributed by atoms with Crippen LogP contribution in [0.15, 0.2) is 52.5 Å². The molecule has 3 aromatic heterocycles. The van der Waals surface area contributed by atoms with Crippen molar-refractivity contribution in [1.29, 1.82) is 0 Å². The summed E-state index contributed by atoms with van der Waals surface area (Å²) >= 11 is 0. The summed E-state index contributed by atoms with van der Waals surface area (Å²) < 4.78 is 29.2. The van der Waals surface area contributed by atoms with Crippen molar-refractivity contribution < 1.29 is 13.2 Å². The molecular weight excluding hydrogens is 332 g/mol. The number of hydrogen-bond donors (Lipinski definition) is 1. The number of methoxy groups -OCH3 is 1. The van der Waals surface area contributed by atoms with Gasteiger partial charge in [0.15, 0.2) is 15.7 Å². The van der Waals surface area contributed by atoms with E-state index in [1.807, 2.05) is 0 Å². The molecular formula is C15H14N4O4S. The predicted octanol–water partition coefficient (Wildman–Crippen LogP) is 1.03. The lowest BCUT2D eigenvalue weighted by Gasteiger charge is -2.02. The minimum atomic E-state index is -3.34. The Kier molecular flexibility index (Phi) is 3.94. The molecule has 0 radical (unpaired) electrons. The van der Waals surface area contributed by atoms with E-state index in [1.54, 1.807) is 24.5 Å². The van der Waals surface area contributed by atoms with Gasteiger partial charge in [-0.15, -0.1) is 0 Å². The van der Waals surface area contributed by atoms with Gasteiger partial charge in [-0.2, -0.15) is 0 Å². The molecule has 0 aliphatic heterocycles. The fraction of sp³-hybridized carbons (Fsp3) is 0.133. The molecule has 0 aliphatic carbocycles. The van der Waals surface area contributed by atoms with E-state index in [4.69, 9.17) is 4.74 Å². The van der Waals surface area contributed by atoms with Gasteiger partial charge in [-0.1, -0.05) is 0 Å². The van der Waals surface area contributed by atoms with Gasteiger partial charge in [-0.3, -0.25) is 9.89 Å². The van der Waals surface area contributed by atoms with Crippen LogP contribution in [-0.2, 0) is 9.84 Å². The summed E-state index contributed by atoms with van der Waals surface area (Å²) in [4.78, 5) is 20.7. The predicted molar refractivity (Wildman–Crippen MR) is 87.1 cm³/mol. The highest BCUT2D eigenvalue weighted by atomic mass is 32.2. The number of rotatable bonds is 4. The summed E-state index contributed by atoms with van der Waals surface area (Å²) in [5, 5.41) is 2.82. The Morgan fingerprint density at radius 2 is 2.00 bits per heavy atom. The average Bonchev–Trinajstić information content (AvgIpc) is 2.96. The van der Waals surface area contributed by atoms with Crippen molar-refractivity contribution in [2.45, 2.75) is 4.90 Å². The Morgan fingerprint density at radius 1 is 1.21 bits per heavy atom. The minimum Gasteiger partial charge on any atom is -0.481 e. The summed E-state index contributed by atoms with van der Waals surface area (Å²) in [7, 11) is -1.84. The first-order valence-corrected chi connectivity index (χ1v) is 8.76. The van der Waals surface area contributed by atoms with E-state index >= 15 is 0 Å². The second kappa shape index (κ2) is 5.93. The third-order valence-electron chi connectivity index (χ3n) is 3.40. The normalized spacial score (nSPS) is 11.4. The summed E-state index contributed by atoms with van der Waals surface area (Å²) in [6, 6.07) is 6.21. The molecule has 0 aliphatic rings. The quantitative estimate of drug-likeness (QED) is 0.756. The molecule has 1 N–H and O–H groups in total. The molecule has 9 heteroatoms. The van der Waals surface area contributed by atoms with Crippen molar-refractivity contribution in [3.05, 3.63) is 53.2 Å². The molecule has 0 aromatic carbocycles. The Morgan fingerprint density at radius 3 is 2.62 bits per heavy atom. The van der Waals surface area contributed by atoms with Gasteiger partial charge in [0.05, 0.1) is 17.6 Å². The molecule has 124 valence electrons. The topological polar surface area (TPSA) is 107 Å². The van der Waals surface area contributed by atoms with Crippen LogP contribution < -0.4 is 10.3 Å². The Bertz CT molecular complexity index is 1040. The first-order valence-electron chi connectivity index (χ1n) is 6.87. The van der Waals surface area contributed by atoms with Gasteiger partial charge in [0.25, 0.3) is 5.56 Å². The SMILES string of the molecule is COc1cc(-c2c[nH]n(-c3ccc(S(C)(=O)=O)cn3)c2=O)ccn1. The summed E-state index contributed by atoms with van der Waals surface area (Å²) in [5.74, 6) is 0.690. The largest absolute Gasteiger partial charge is 0.481 e. The third kappa shape index (κ3) is 2.93. The number of pyridine rings is 2. The van der Waals surface area contributed by atoms with Crippen molar-refractivity contribution >= 4 is 9.84 Å². The van der Waals surface area contributed by atoms with Gasteiger partial charge in [-0.05, 0) is 23.8 Å². The molecule has 0 amide bonds. The second-order valence-corrected chi connectivity index (χ2v) is 7.05. The van der Waals surface area contributed by atoms with Crippen LogP contribution >= 0.6 is 0 Å². The molecule has 3 aromatic rings. The maximum Gasteiger partial charge on any atom is 0.280 e. The maximum absolute atomic E-state index is 12.6. The minimum absolute atomic E-state index is 0.0879. The zero-order chi connectivity index (χ0) is 17.3. The van der Waals surface area contributed by atoms with Gasteiger partial charge >= 0.3 is 0 Å². The smallest absolute Gasteiger partial charge is 0.280 e. The van der Waals surface area contributed by atoms with E-state index in [1.165, 1.54) is 30.1 Å². The first kappa shape index (κ1) is 15.9. The molecule has 0 spiro atoms.